The van der Waals surface area contributed by atoms with Crippen LogP contribution >= 0.6 is 11.8 Å². The normalized spacial score (nSPS) is 14.2. The van der Waals surface area contributed by atoms with E-state index in [1.807, 2.05) is 70.6 Å². The summed E-state index contributed by atoms with van der Waals surface area (Å²) in [4.78, 5) is 26.5. The van der Waals surface area contributed by atoms with Crippen LogP contribution in [0.4, 0.5) is 16.3 Å². The van der Waals surface area contributed by atoms with Gasteiger partial charge in [0, 0.05) is 55.2 Å². The standard InChI is InChI=1S/C20H22N6OS/c1-28-17-6-4-5-16(13-17)23-20(27)26-11-9-25(10-12-26)19-14-18(21-15-22-19)24-7-2-3-8-24/h2-8,13-15H,9-12H2,1H3,(H,23,27). The maximum Gasteiger partial charge on any atom is 0.321 e. The number of nitrogens with one attached hydrogen (secondary N) is 1. The first-order chi connectivity index (χ1) is 13.7. The SMILES string of the molecule is CSc1cccc(NC(=O)N2CCN(c3cc(-n4cccc4)ncn3)CC2)c1. The average Bonchev–Trinajstić information content (AvgIpc) is 3.29. The van der Waals surface area contributed by atoms with Crippen LogP contribution in [0, 0.1) is 0 Å². The third-order valence-electron chi connectivity index (χ3n) is 4.72. The molecule has 0 atom stereocenters. The predicted molar refractivity (Wildman–Crippen MR) is 112 cm³/mol. The van der Waals surface area contributed by atoms with Crippen molar-refractivity contribution in [2.75, 3.05) is 42.7 Å². The van der Waals surface area contributed by atoms with Crippen LogP contribution in [0.1, 0.15) is 0 Å². The van der Waals surface area contributed by atoms with Gasteiger partial charge in [-0.1, -0.05) is 6.07 Å². The Morgan fingerprint density at radius 2 is 1.75 bits per heavy atom. The molecule has 2 aromatic heterocycles. The maximum absolute atomic E-state index is 12.6. The molecule has 1 saturated heterocycles. The van der Waals surface area contributed by atoms with Crippen LogP contribution in [0.25, 0.3) is 5.82 Å². The van der Waals surface area contributed by atoms with Crippen molar-refractivity contribution in [3.05, 3.63) is 61.2 Å². The molecular weight excluding hydrogens is 372 g/mol. The maximum atomic E-state index is 12.6. The van der Waals surface area contributed by atoms with Gasteiger partial charge in [-0.15, -0.1) is 11.8 Å². The molecule has 8 heteroatoms. The predicted octanol–water partition coefficient (Wildman–Crippen LogP) is 3.34. The number of urea groups is 1. The minimum absolute atomic E-state index is 0.0615. The van der Waals surface area contributed by atoms with Crippen LogP contribution in [-0.2, 0) is 0 Å². The molecule has 7 nitrogen and oxygen atoms in total. The lowest BCUT2D eigenvalue weighted by Gasteiger charge is -2.35. The third kappa shape index (κ3) is 4.12. The van der Waals surface area contributed by atoms with Crippen LogP contribution in [0.2, 0.25) is 0 Å². The number of carbonyl (C=O) groups is 1. The first-order valence-corrected chi connectivity index (χ1v) is 10.4. The largest absolute Gasteiger partial charge is 0.353 e. The Hall–Kier alpha value is -3.00. The Morgan fingerprint density at radius 3 is 2.50 bits per heavy atom. The van der Waals surface area contributed by atoms with Gasteiger partial charge < -0.3 is 19.7 Å². The molecule has 0 radical (unpaired) electrons. The van der Waals surface area contributed by atoms with E-state index in [0.717, 1.165) is 35.3 Å². The van der Waals surface area contributed by atoms with Crippen molar-refractivity contribution in [3.8, 4) is 5.82 Å². The van der Waals surface area contributed by atoms with Gasteiger partial charge in [0.05, 0.1) is 0 Å². The summed E-state index contributed by atoms with van der Waals surface area (Å²) in [5, 5.41) is 2.99. The lowest BCUT2D eigenvalue weighted by molar-refractivity contribution is 0.208. The Bertz CT molecular complexity index is 937. The summed E-state index contributed by atoms with van der Waals surface area (Å²) in [5.74, 6) is 1.72. The van der Waals surface area contributed by atoms with Crippen LogP contribution in [0.15, 0.2) is 66.1 Å². The lowest BCUT2D eigenvalue weighted by Crippen LogP contribution is -2.50. The molecule has 0 unspecified atom stereocenters. The summed E-state index contributed by atoms with van der Waals surface area (Å²) >= 11 is 1.66. The number of rotatable bonds is 4. The number of carbonyl (C=O) groups excluding carboxylic acids is 1. The van der Waals surface area contributed by atoms with E-state index in [2.05, 4.69) is 20.2 Å². The summed E-state index contributed by atoms with van der Waals surface area (Å²) < 4.78 is 1.96. The van der Waals surface area contributed by atoms with Crippen molar-refractivity contribution in [1.82, 2.24) is 19.4 Å². The summed E-state index contributed by atoms with van der Waals surface area (Å²) in [6, 6.07) is 13.7. The number of benzene rings is 1. The molecule has 1 aliphatic rings. The second-order valence-electron chi connectivity index (χ2n) is 6.46. The van der Waals surface area contributed by atoms with Crippen LogP contribution in [-0.4, -0.2) is 57.9 Å². The highest BCUT2D eigenvalue weighted by atomic mass is 32.2. The van der Waals surface area contributed by atoms with E-state index < -0.39 is 0 Å². The van der Waals surface area contributed by atoms with Gasteiger partial charge in [0.2, 0.25) is 0 Å². The average molecular weight is 395 g/mol. The fourth-order valence-corrected chi connectivity index (χ4v) is 3.64. The Balaban J connectivity index is 1.37. The zero-order valence-corrected chi connectivity index (χ0v) is 16.5. The second-order valence-corrected chi connectivity index (χ2v) is 7.34. The molecule has 1 aromatic carbocycles. The number of aromatic nitrogens is 3. The van der Waals surface area contributed by atoms with E-state index in [1.165, 1.54) is 0 Å². The van der Waals surface area contributed by atoms with Crippen molar-refractivity contribution in [2.24, 2.45) is 0 Å². The van der Waals surface area contributed by atoms with Crippen LogP contribution in [0.5, 0.6) is 0 Å². The molecule has 28 heavy (non-hydrogen) atoms. The molecule has 0 saturated carbocycles. The highest BCUT2D eigenvalue weighted by Gasteiger charge is 2.22. The minimum atomic E-state index is -0.0615. The quantitative estimate of drug-likeness (QED) is 0.688. The van der Waals surface area contributed by atoms with Gasteiger partial charge in [-0.2, -0.15) is 0 Å². The Morgan fingerprint density at radius 1 is 1.00 bits per heavy atom. The molecule has 1 N–H and O–H groups in total. The molecule has 1 fully saturated rings. The van der Waals surface area contributed by atoms with E-state index in [0.29, 0.717) is 13.1 Å². The van der Waals surface area contributed by atoms with Gasteiger partial charge in [0.15, 0.2) is 0 Å². The lowest BCUT2D eigenvalue weighted by atomic mass is 10.3. The summed E-state index contributed by atoms with van der Waals surface area (Å²) in [7, 11) is 0. The number of hydrogen-bond acceptors (Lipinski definition) is 5. The number of nitrogens with zero attached hydrogens (tertiary/aromatic N) is 5. The third-order valence-corrected chi connectivity index (χ3v) is 5.44. The molecule has 0 bridgehead atoms. The van der Waals surface area contributed by atoms with Crippen molar-refractivity contribution < 1.29 is 4.79 Å². The Labute approximate surface area is 168 Å². The number of thioether (sulfide) groups is 1. The molecule has 4 rings (SSSR count). The van der Waals surface area contributed by atoms with E-state index in [1.54, 1.807) is 18.1 Å². The smallest absolute Gasteiger partial charge is 0.321 e. The van der Waals surface area contributed by atoms with E-state index >= 15 is 0 Å². The highest BCUT2D eigenvalue weighted by molar-refractivity contribution is 7.98. The van der Waals surface area contributed by atoms with Gasteiger partial charge in [-0.05, 0) is 36.6 Å². The van der Waals surface area contributed by atoms with Gasteiger partial charge >= 0.3 is 6.03 Å². The first kappa shape index (κ1) is 18.4. The van der Waals surface area contributed by atoms with Crippen molar-refractivity contribution in [2.45, 2.75) is 4.90 Å². The van der Waals surface area contributed by atoms with Crippen LogP contribution in [0.3, 0.4) is 0 Å². The molecule has 3 heterocycles. The van der Waals surface area contributed by atoms with E-state index in [4.69, 9.17) is 0 Å². The molecule has 0 spiro atoms. The summed E-state index contributed by atoms with van der Waals surface area (Å²) in [6.07, 6.45) is 7.53. The number of piperazine rings is 1. The molecule has 1 aliphatic heterocycles. The second kappa shape index (κ2) is 8.35. The molecule has 2 amide bonds. The van der Waals surface area contributed by atoms with Gasteiger partial charge in [0.25, 0.3) is 0 Å². The fourth-order valence-electron chi connectivity index (χ4n) is 3.18. The van der Waals surface area contributed by atoms with Crippen molar-refractivity contribution >= 4 is 29.3 Å². The fraction of sp³-hybridized carbons (Fsp3) is 0.250. The molecular formula is C20H22N6OS. The first-order valence-electron chi connectivity index (χ1n) is 9.13. The topological polar surface area (TPSA) is 66.3 Å². The van der Waals surface area contributed by atoms with Gasteiger partial charge in [0.1, 0.15) is 18.0 Å². The number of anilines is 2. The molecule has 0 aliphatic carbocycles. The van der Waals surface area contributed by atoms with Gasteiger partial charge in [-0.25, -0.2) is 14.8 Å². The highest BCUT2D eigenvalue weighted by Crippen LogP contribution is 2.20. The Kier molecular flexibility index (Phi) is 5.48. The van der Waals surface area contributed by atoms with E-state index in [-0.39, 0.29) is 6.03 Å². The van der Waals surface area contributed by atoms with Gasteiger partial charge in [-0.3, -0.25) is 0 Å². The van der Waals surface area contributed by atoms with Crippen LogP contribution < -0.4 is 10.2 Å². The summed E-state index contributed by atoms with van der Waals surface area (Å²) in [5.41, 5.74) is 0.825. The molecule has 144 valence electrons. The monoisotopic (exact) mass is 394 g/mol. The van der Waals surface area contributed by atoms with E-state index in [9.17, 15) is 4.79 Å². The zero-order valence-electron chi connectivity index (χ0n) is 15.7. The zero-order chi connectivity index (χ0) is 19.3. The summed E-state index contributed by atoms with van der Waals surface area (Å²) in [6.45, 7) is 2.77. The van der Waals surface area contributed by atoms with Crippen molar-refractivity contribution in [1.29, 1.82) is 0 Å². The number of hydrogen-bond donors (Lipinski definition) is 1. The minimum Gasteiger partial charge on any atom is -0.353 e. The van der Waals surface area contributed by atoms with Crippen molar-refractivity contribution in [3.63, 3.8) is 0 Å². The number of amides is 2. The molecule has 3 aromatic rings.